The summed E-state index contributed by atoms with van der Waals surface area (Å²) >= 11 is 0. The van der Waals surface area contributed by atoms with Crippen molar-refractivity contribution in [3.8, 4) is 0 Å². The average Bonchev–Trinajstić information content (AvgIpc) is 2.92. The fourth-order valence-corrected chi connectivity index (χ4v) is 4.38. The first-order chi connectivity index (χ1) is 17.7. The van der Waals surface area contributed by atoms with Crippen molar-refractivity contribution < 1.29 is 14.9 Å². The maximum atomic E-state index is 11.1. The molecule has 0 aliphatic rings. The van der Waals surface area contributed by atoms with Crippen molar-refractivity contribution >= 4 is 0 Å². The van der Waals surface area contributed by atoms with Gasteiger partial charge in [0.25, 0.3) is 0 Å². The molecule has 2 aromatic carbocycles. The lowest BCUT2D eigenvalue weighted by atomic mass is 10.0. The summed E-state index contributed by atoms with van der Waals surface area (Å²) in [5.41, 5.74) is 2.18. The third kappa shape index (κ3) is 13.4. The van der Waals surface area contributed by atoms with Crippen LogP contribution in [0.25, 0.3) is 0 Å². The van der Waals surface area contributed by atoms with Crippen molar-refractivity contribution in [1.82, 2.24) is 5.32 Å². The van der Waals surface area contributed by atoms with E-state index in [0.29, 0.717) is 13.2 Å². The molecule has 0 aromatic heterocycles. The zero-order valence-electron chi connectivity index (χ0n) is 22.4. The van der Waals surface area contributed by atoms with E-state index in [1.807, 2.05) is 66.7 Å². The first-order valence-electron chi connectivity index (χ1n) is 14.1. The lowest BCUT2D eigenvalue weighted by Crippen LogP contribution is -2.48. The lowest BCUT2D eigenvalue weighted by molar-refractivity contribution is -0.0430. The van der Waals surface area contributed by atoms with Gasteiger partial charge in [0.1, 0.15) is 12.2 Å². The van der Waals surface area contributed by atoms with Gasteiger partial charge in [0.2, 0.25) is 0 Å². The van der Waals surface area contributed by atoms with E-state index < -0.39 is 18.2 Å². The van der Waals surface area contributed by atoms with Crippen LogP contribution in [0.2, 0.25) is 0 Å². The molecule has 4 nitrogen and oxygen atoms in total. The molecular formula is C32H49NO3. The highest BCUT2D eigenvalue weighted by molar-refractivity contribution is 5.15. The van der Waals surface area contributed by atoms with Crippen LogP contribution in [-0.4, -0.2) is 35.1 Å². The number of allylic oxidation sites excluding steroid dienone is 1. The van der Waals surface area contributed by atoms with Crippen LogP contribution in [0.5, 0.6) is 0 Å². The van der Waals surface area contributed by atoms with Crippen LogP contribution in [0.15, 0.2) is 72.8 Å². The largest absolute Gasteiger partial charge is 0.395 e. The fourth-order valence-electron chi connectivity index (χ4n) is 4.38. The quantitative estimate of drug-likeness (QED) is 0.129. The molecule has 0 bridgehead atoms. The molecule has 2 aromatic rings. The second-order valence-corrected chi connectivity index (χ2v) is 9.81. The summed E-state index contributed by atoms with van der Waals surface area (Å²) < 4.78 is 6.14. The Kier molecular flexibility index (Phi) is 16.9. The molecule has 0 amide bonds. The highest BCUT2D eigenvalue weighted by Crippen LogP contribution is 2.14. The summed E-state index contributed by atoms with van der Waals surface area (Å²) in [4.78, 5) is 0. The summed E-state index contributed by atoms with van der Waals surface area (Å²) in [5, 5.41) is 24.4. The van der Waals surface area contributed by atoms with E-state index in [-0.39, 0.29) is 6.61 Å². The average molecular weight is 496 g/mol. The van der Waals surface area contributed by atoms with Crippen LogP contribution in [0, 0.1) is 0 Å². The highest BCUT2D eigenvalue weighted by Gasteiger charge is 2.26. The summed E-state index contributed by atoms with van der Waals surface area (Å²) in [5.74, 6) is 0. The standard InChI is InChI=1S/C32H49NO3/c1-2-3-4-5-6-7-8-9-10-11-12-19-24-31(36-27-29-22-17-14-18-23-29)32(35)30(26-34)33-25-28-20-15-13-16-21-28/h13-24,30-35H,2-12,25-27H2,1H3/b24-19-/t30-,31-,32-/m1/s1. The minimum absolute atomic E-state index is 0.161. The van der Waals surface area contributed by atoms with Crippen LogP contribution < -0.4 is 5.32 Å². The molecule has 200 valence electrons. The normalized spacial score (nSPS) is 14.2. The predicted molar refractivity (Wildman–Crippen MR) is 151 cm³/mol. The number of ether oxygens (including phenoxy) is 1. The van der Waals surface area contributed by atoms with E-state index in [9.17, 15) is 10.2 Å². The molecule has 0 aliphatic carbocycles. The molecule has 0 saturated carbocycles. The molecule has 0 spiro atoms. The third-order valence-corrected chi connectivity index (χ3v) is 6.69. The molecule has 3 N–H and O–H groups in total. The molecule has 36 heavy (non-hydrogen) atoms. The number of rotatable bonds is 21. The maximum absolute atomic E-state index is 11.1. The van der Waals surface area contributed by atoms with Crippen molar-refractivity contribution in [3.05, 3.63) is 83.9 Å². The van der Waals surface area contributed by atoms with E-state index >= 15 is 0 Å². The van der Waals surface area contributed by atoms with Crippen molar-refractivity contribution in [3.63, 3.8) is 0 Å². The second kappa shape index (κ2) is 20.1. The number of hydrogen-bond donors (Lipinski definition) is 3. The van der Waals surface area contributed by atoms with Crippen molar-refractivity contribution in [2.75, 3.05) is 6.61 Å². The number of hydrogen-bond acceptors (Lipinski definition) is 4. The Morgan fingerprint density at radius 2 is 1.33 bits per heavy atom. The molecule has 0 fully saturated rings. The summed E-state index contributed by atoms with van der Waals surface area (Å²) in [6.45, 7) is 3.10. The molecular weight excluding hydrogens is 446 g/mol. The van der Waals surface area contributed by atoms with Gasteiger partial charge in [-0.15, -0.1) is 0 Å². The molecule has 0 radical (unpaired) electrons. The van der Waals surface area contributed by atoms with Crippen molar-refractivity contribution in [2.24, 2.45) is 0 Å². The fraction of sp³-hybridized carbons (Fsp3) is 0.562. The van der Waals surface area contributed by atoms with Gasteiger partial charge in [0.15, 0.2) is 0 Å². The number of aliphatic hydroxyl groups excluding tert-OH is 2. The zero-order chi connectivity index (χ0) is 25.7. The smallest absolute Gasteiger partial charge is 0.104 e. The minimum atomic E-state index is -0.855. The van der Waals surface area contributed by atoms with E-state index in [1.54, 1.807) is 0 Å². The summed E-state index contributed by atoms with van der Waals surface area (Å²) in [6, 6.07) is 19.5. The van der Waals surface area contributed by atoms with E-state index in [1.165, 1.54) is 57.8 Å². The minimum Gasteiger partial charge on any atom is -0.395 e. The van der Waals surface area contributed by atoms with Gasteiger partial charge < -0.3 is 20.3 Å². The zero-order valence-corrected chi connectivity index (χ0v) is 22.4. The highest BCUT2D eigenvalue weighted by atomic mass is 16.5. The lowest BCUT2D eigenvalue weighted by Gasteiger charge is -2.28. The second-order valence-electron chi connectivity index (χ2n) is 9.81. The molecule has 2 rings (SSSR count). The van der Waals surface area contributed by atoms with E-state index in [2.05, 4.69) is 18.3 Å². The monoisotopic (exact) mass is 495 g/mol. The van der Waals surface area contributed by atoms with Gasteiger partial charge in [-0.05, 0) is 24.0 Å². The number of nitrogens with one attached hydrogen (secondary N) is 1. The Bertz CT molecular complexity index is 781. The Morgan fingerprint density at radius 1 is 0.778 bits per heavy atom. The van der Waals surface area contributed by atoms with Crippen LogP contribution in [0.1, 0.15) is 88.7 Å². The Balaban J connectivity index is 1.79. The summed E-state index contributed by atoms with van der Waals surface area (Å²) in [7, 11) is 0. The van der Waals surface area contributed by atoms with Gasteiger partial charge >= 0.3 is 0 Å². The van der Waals surface area contributed by atoms with Crippen molar-refractivity contribution in [2.45, 2.75) is 109 Å². The van der Waals surface area contributed by atoms with Crippen LogP contribution in [0.3, 0.4) is 0 Å². The van der Waals surface area contributed by atoms with Gasteiger partial charge in [-0.25, -0.2) is 0 Å². The van der Waals surface area contributed by atoms with Gasteiger partial charge in [-0.2, -0.15) is 0 Å². The number of aliphatic hydroxyl groups is 2. The number of unbranched alkanes of at least 4 members (excludes halogenated alkanes) is 10. The van der Waals surface area contributed by atoms with Gasteiger partial charge in [-0.3, -0.25) is 0 Å². The molecule has 0 saturated heterocycles. The van der Waals surface area contributed by atoms with Crippen LogP contribution in [0.4, 0.5) is 0 Å². The third-order valence-electron chi connectivity index (χ3n) is 6.69. The maximum Gasteiger partial charge on any atom is 0.104 e. The van der Waals surface area contributed by atoms with Crippen molar-refractivity contribution in [1.29, 1.82) is 0 Å². The summed E-state index contributed by atoms with van der Waals surface area (Å²) in [6.07, 6.45) is 17.0. The van der Waals surface area contributed by atoms with Gasteiger partial charge in [0.05, 0.1) is 19.3 Å². The van der Waals surface area contributed by atoms with E-state index in [0.717, 1.165) is 24.0 Å². The molecule has 4 heteroatoms. The van der Waals surface area contributed by atoms with Crippen LogP contribution >= 0.6 is 0 Å². The van der Waals surface area contributed by atoms with Crippen LogP contribution in [-0.2, 0) is 17.9 Å². The predicted octanol–water partition coefficient (Wildman–Crippen LogP) is 6.95. The molecule has 0 aliphatic heterocycles. The Labute approximate surface area is 219 Å². The van der Waals surface area contributed by atoms with Gasteiger partial charge in [0, 0.05) is 6.54 Å². The number of benzene rings is 2. The first-order valence-corrected chi connectivity index (χ1v) is 14.1. The first kappa shape index (κ1) is 30.2. The topological polar surface area (TPSA) is 61.7 Å². The molecule has 3 atom stereocenters. The van der Waals surface area contributed by atoms with Gasteiger partial charge in [-0.1, -0.05) is 138 Å². The SMILES string of the molecule is CCCCCCCCCCCC/C=C\[C@@H](OCc1ccccc1)[C@H](O)[C@@H](CO)NCc1ccccc1. The Hall–Kier alpha value is -1.98. The van der Waals surface area contributed by atoms with E-state index in [4.69, 9.17) is 4.74 Å². The Morgan fingerprint density at radius 3 is 1.92 bits per heavy atom. The molecule has 0 heterocycles. The molecule has 0 unspecified atom stereocenters.